The fourth-order valence-electron chi connectivity index (χ4n) is 7.67. The van der Waals surface area contributed by atoms with Gasteiger partial charge in [0.05, 0.1) is 25.8 Å². The van der Waals surface area contributed by atoms with Crippen LogP contribution in [0.25, 0.3) is 0 Å². The van der Waals surface area contributed by atoms with Gasteiger partial charge in [-0.3, -0.25) is 19.8 Å². The fraction of sp³-hybridized carbons (Fsp3) is 0.962. The molecule has 0 radical (unpaired) electrons. The van der Waals surface area contributed by atoms with Gasteiger partial charge in [0.1, 0.15) is 12.2 Å². The van der Waals surface area contributed by atoms with Crippen molar-refractivity contribution in [2.75, 3.05) is 32.7 Å². The summed E-state index contributed by atoms with van der Waals surface area (Å²) in [6.45, 7) is 5.77. The zero-order valence-corrected chi connectivity index (χ0v) is 21.2. The van der Waals surface area contributed by atoms with Crippen molar-refractivity contribution in [3.05, 3.63) is 0 Å². The number of likely N-dealkylation sites (tertiary alicyclic amines) is 2. The zero-order chi connectivity index (χ0) is 23.3. The lowest BCUT2D eigenvalue weighted by molar-refractivity contribution is -0.916. The van der Waals surface area contributed by atoms with E-state index in [0.717, 1.165) is 38.4 Å². The first kappa shape index (κ1) is 24.9. The summed E-state index contributed by atoms with van der Waals surface area (Å²) in [4.78, 5) is 22.1. The van der Waals surface area contributed by atoms with Gasteiger partial charge in [0.25, 0.3) is 0 Å². The number of nitrogens with zero attached hydrogens (tertiary/aromatic N) is 1. The lowest BCUT2D eigenvalue weighted by Gasteiger charge is -2.39. The Balaban J connectivity index is 1.06. The monoisotopic (exact) mass is 478 g/mol. The number of primary amides is 1. The molecule has 1 saturated carbocycles. The molecule has 34 heavy (non-hydrogen) atoms. The third-order valence-corrected chi connectivity index (χ3v) is 9.80. The van der Waals surface area contributed by atoms with Gasteiger partial charge >= 0.3 is 0 Å². The topological polar surface area (TPSA) is 101 Å². The van der Waals surface area contributed by atoms with Gasteiger partial charge in [-0.2, -0.15) is 5.48 Å². The molecule has 4 heterocycles. The Labute approximate surface area is 206 Å². The Hall–Kier alpha value is -0.770. The number of nitrogens with two attached hydrogens (primary N) is 2. The molecule has 0 aromatic carbocycles. The van der Waals surface area contributed by atoms with Crippen LogP contribution in [0.5, 0.6) is 0 Å². The predicted octanol–water partition coefficient (Wildman–Crippen LogP) is -0.332. The lowest BCUT2D eigenvalue weighted by atomic mass is 9.86. The normalized spacial score (nSPS) is 38.9. The van der Waals surface area contributed by atoms with E-state index in [0.29, 0.717) is 18.1 Å². The van der Waals surface area contributed by atoms with Crippen molar-refractivity contribution in [3.8, 4) is 0 Å². The zero-order valence-electron chi connectivity index (χ0n) is 21.2. The molecule has 6 atom stereocenters. The molecule has 4 saturated heterocycles. The van der Waals surface area contributed by atoms with Crippen molar-refractivity contribution in [1.82, 2.24) is 15.7 Å². The number of piperidine rings is 2. The second kappa shape index (κ2) is 12.0. The summed E-state index contributed by atoms with van der Waals surface area (Å²) in [5.41, 5.74) is 8.94. The van der Waals surface area contributed by atoms with E-state index in [1.54, 1.807) is 4.90 Å². The summed E-state index contributed by atoms with van der Waals surface area (Å²) in [5, 5.41) is 6.37. The molecule has 8 heteroatoms. The highest BCUT2D eigenvalue weighted by atomic mass is 16.7. The molecule has 1 amide bonds. The molecule has 1 aliphatic carbocycles. The van der Waals surface area contributed by atoms with E-state index in [2.05, 4.69) is 21.0 Å². The van der Waals surface area contributed by atoms with E-state index in [1.165, 1.54) is 83.7 Å². The summed E-state index contributed by atoms with van der Waals surface area (Å²) < 4.78 is 0. The second-order valence-electron chi connectivity index (χ2n) is 11.9. The minimum atomic E-state index is -0.121. The summed E-state index contributed by atoms with van der Waals surface area (Å²) >= 11 is 0. The van der Waals surface area contributed by atoms with E-state index in [9.17, 15) is 4.79 Å². The van der Waals surface area contributed by atoms with Crippen LogP contribution in [-0.2, 0) is 9.63 Å². The molecule has 0 aromatic heterocycles. The van der Waals surface area contributed by atoms with Crippen molar-refractivity contribution in [1.29, 1.82) is 0 Å². The van der Waals surface area contributed by atoms with Crippen LogP contribution >= 0.6 is 0 Å². The summed E-state index contributed by atoms with van der Waals surface area (Å²) in [6, 6.07) is 0.586. The molecule has 6 unspecified atom stereocenters. The van der Waals surface area contributed by atoms with E-state index >= 15 is 0 Å². The fourth-order valence-corrected chi connectivity index (χ4v) is 7.67. The van der Waals surface area contributed by atoms with Crippen LogP contribution in [-0.4, -0.2) is 68.1 Å². The van der Waals surface area contributed by atoms with E-state index in [4.69, 9.17) is 10.6 Å². The molecule has 5 fully saturated rings. The van der Waals surface area contributed by atoms with Crippen LogP contribution in [0, 0.1) is 17.8 Å². The Kier molecular flexibility index (Phi) is 8.77. The molecule has 194 valence electrons. The number of nitrogens with one attached hydrogen (secondary N) is 3. The highest BCUT2D eigenvalue weighted by Gasteiger charge is 2.44. The molecule has 4 aliphatic heterocycles. The molecular weight excluding hydrogens is 428 g/mol. The number of hydrogen-bond acceptors (Lipinski definition) is 5. The van der Waals surface area contributed by atoms with Gasteiger partial charge in [0, 0.05) is 50.6 Å². The van der Waals surface area contributed by atoms with Crippen LogP contribution in [0.1, 0.15) is 83.5 Å². The summed E-state index contributed by atoms with van der Waals surface area (Å²) in [7, 11) is 0. The molecule has 7 N–H and O–H groups in total. The van der Waals surface area contributed by atoms with Crippen LogP contribution in [0.4, 0.5) is 0 Å². The molecule has 5 rings (SSSR count). The highest BCUT2D eigenvalue weighted by Crippen LogP contribution is 2.27. The van der Waals surface area contributed by atoms with E-state index in [-0.39, 0.29) is 24.2 Å². The Morgan fingerprint density at radius 3 is 2.68 bits per heavy atom. The number of carbonyl (C=O) groups excluding carboxylic acids is 1. The Morgan fingerprint density at radius 2 is 1.88 bits per heavy atom. The number of hydroxylamine groups is 1. The number of hydrogen-bond donors (Lipinski definition) is 5. The quantitative estimate of drug-likeness (QED) is 0.329. The summed E-state index contributed by atoms with van der Waals surface area (Å²) in [6.07, 6.45) is 17.9. The van der Waals surface area contributed by atoms with Gasteiger partial charge in [-0.05, 0) is 31.6 Å². The minimum absolute atomic E-state index is 0.0717. The Morgan fingerprint density at radius 1 is 1.06 bits per heavy atom. The highest BCUT2D eigenvalue weighted by molar-refractivity contribution is 5.76. The van der Waals surface area contributed by atoms with Crippen molar-refractivity contribution in [2.45, 2.75) is 108 Å². The van der Waals surface area contributed by atoms with Crippen molar-refractivity contribution in [3.63, 3.8) is 0 Å². The van der Waals surface area contributed by atoms with Crippen LogP contribution in [0.2, 0.25) is 0 Å². The van der Waals surface area contributed by atoms with Crippen molar-refractivity contribution >= 4 is 5.91 Å². The number of carbonyl (C=O) groups is 1. The second-order valence-corrected chi connectivity index (χ2v) is 11.9. The van der Waals surface area contributed by atoms with Gasteiger partial charge in [0.15, 0.2) is 6.23 Å². The third-order valence-electron chi connectivity index (χ3n) is 9.80. The average Bonchev–Trinajstić information content (AvgIpc) is 3.55. The standard InChI is InChI=1S/C26H48N6O2/c27-24(33)20-11-16-32(17-12-20)23-18-21(10-13-28-23)25-29-26(34-30-25)22-9-5-15-31(22)14-4-8-19-6-2-1-3-7-19/h19-23,25-26,28-30H,1-18H2,(H2,27,33)/p+2. The van der Waals surface area contributed by atoms with Gasteiger partial charge in [0.2, 0.25) is 5.91 Å². The van der Waals surface area contributed by atoms with Gasteiger partial charge in [-0.15, -0.1) is 0 Å². The Bertz CT molecular complexity index is 651. The first-order valence-electron chi connectivity index (χ1n) is 14.6. The van der Waals surface area contributed by atoms with Crippen LogP contribution in [0.15, 0.2) is 0 Å². The lowest BCUT2D eigenvalue weighted by Crippen LogP contribution is -3.15. The summed E-state index contributed by atoms with van der Waals surface area (Å²) in [5.74, 6) is 1.54. The van der Waals surface area contributed by atoms with Crippen molar-refractivity contribution in [2.24, 2.45) is 23.5 Å². The molecular formula is C26H50N6O2+2. The first-order valence-corrected chi connectivity index (χ1v) is 14.6. The van der Waals surface area contributed by atoms with Crippen LogP contribution in [0.3, 0.4) is 0 Å². The molecule has 5 aliphatic rings. The molecule has 8 nitrogen and oxygen atoms in total. The smallest absolute Gasteiger partial charge is 0.220 e. The number of quaternary nitrogens is 2. The van der Waals surface area contributed by atoms with Gasteiger partial charge in [-0.25, -0.2) is 0 Å². The minimum Gasteiger partial charge on any atom is -0.369 e. The number of rotatable bonds is 8. The van der Waals surface area contributed by atoms with Gasteiger partial charge < -0.3 is 16.0 Å². The van der Waals surface area contributed by atoms with Crippen LogP contribution < -0.4 is 26.7 Å². The van der Waals surface area contributed by atoms with Crippen molar-refractivity contribution < 1.29 is 19.8 Å². The molecule has 0 bridgehead atoms. The largest absolute Gasteiger partial charge is 0.369 e. The van der Waals surface area contributed by atoms with Gasteiger partial charge in [-0.1, -0.05) is 32.1 Å². The predicted molar refractivity (Wildman–Crippen MR) is 131 cm³/mol. The third kappa shape index (κ3) is 6.13. The number of amides is 1. The van der Waals surface area contributed by atoms with E-state index < -0.39 is 0 Å². The molecule has 0 aromatic rings. The average molecular weight is 479 g/mol. The molecule has 0 spiro atoms. The maximum absolute atomic E-state index is 11.5. The SMILES string of the molecule is NC(=O)C1CCN(C2CC(C3NOC(C4CCC[NH+]4CCCC4CCCCC4)N3)CC[NH2+]2)CC1. The van der Waals surface area contributed by atoms with E-state index in [1.807, 2.05) is 0 Å². The maximum Gasteiger partial charge on any atom is 0.220 e. The maximum atomic E-state index is 11.5. The first-order chi connectivity index (χ1) is 16.7.